The van der Waals surface area contributed by atoms with Crippen molar-refractivity contribution >= 4 is 24.4 Å². The average Bonchev–Trinajstić information content (AvgIpc) is 1.80. The Hall–Kier alpha value is 0.660. The van der Waals surface area contributed by atoms with E-state index in [0.29, 0.717) is 0 Å². The van der Waals surface area contributed by atoms with Crippen molar-refractivity contribution in [1.29, 1.82) is 0 Å². The fraction of sp³-hybridized carbons (Fsp3) is 1.00. The van der Waals surface area contributed by atoms with Gasteiger partial charge in [0, 0.05) is 5.75 Å². The molecule has 1 unspecified atom stereocenters. The number of thiol groups is 1. The molecule has 0 fully saturated rings. The highest BCUT2D eigenvalue weighted by Gasteiger charge is 1.93. The first-order valence-electron chi connectivity index (χ1n) is 3.14. The number of hydrogen-bond acceptors (Lipinski definition) is 3. The minimum atomic E-state index is -0.157. The van der Waals surface area contributed by atoms with E-state index in [4.69, 9.17) is 5.11 Å². The molecule has 0 rings (SSSR count). The summed E-state index contributed by atoms with van der Waals surface area (Å²) in [7, 11) is 0. The van der Waals surface area contributed by atoms with E-state index < -0.39 is 0 Å². The van der Waals surface area contributed by atoms with E-state index in [9.17, 15) is 0 Å². The smallest absolute Gasteiger partial charge is 0.0602 e. The number of rotatable bonds is 5. The Bertz CT molecular complexity index is 57.0. The van der Waals surface area contributed by atoms with Crippen LogP contribution in [0.1, 0.15) is 13.3 Å². The second-order valence-electron chi connectivity index (χ2n) is 2.00. The maximum absolute atomic E-state index is 8.81. The third-order valence-corrected chi connectivity index (χ3v) is 2.42. The van der Waals surface area contributed by atoms with Crippen molar-refractivity contribution in [3.63, 3.8) is 0 Å². The SMILES string of the molecule is CC(O)CSCCCS. The van der Waals surface area contributed by atoms with E-state index in [0.717, 1.165) is 23.7 Å². The number of aliphatic hydroxyl groups excluding tert-OH is 1. The third-order valence-electron chi connectivity index (χ3n) is 0.806. The first-order chi connectivity index (χ1) is 4.27. The molecule has 0 saturated heterocycles. The molecular formula is C6H14OS2. The zero-order valence-corrected chi connectivity index (χ0v) is 7.42. The molecule has 0 radical (unpaired) electrons. The van der Waals surface area contributed by atoms with Crippen molar-refractivity contribution in [2.75, 3.05) is 17.3 Å². The molecule has 0 heterocycles. The molecule has 0 saturated carbocycles. The molecule has 0 spiro atoms. The third kappa shape index (κ3) is 8.66. The molecule has 1 nitrogen and oxygen atoms in total. The first kappa shape index (κ1) is 9.66. The van der Waals surface area contributed by atoms with Gasteiger partial charge in [0.25, 0.3) is 0 Å². The largest absolute Gasteiger partial charge is 0.393 e. The standard InChI is InChI=1S/C6H14OS2/c1-6(7)5-9-4-2-3-8/h6-8H,2-5H2,1H3. The summed E-state index contributed by atoms with van der Waals surface area (Å²) in [5.41, 5.74) is 0. The van der Waals surface area contributed by atoms with Crippen LogP contribution in [-0.2, 0) is 0 Å². The molecule has 0 aliphatic heterocycles. The van der Waals surface area contributed by atoms with Crippen LogP contribution in [0.25, 0.3) is 0 Å². The van der Waals surface area contributed by atoms with Gasteiger partial charge in [0.15, 0.2) is 0 Å². The van der Waals surface area contributed by atoms with Crippen molar-refractivity contribution in [2.45, 2.75) is 19.4 Å². The lowest BCUT2D eigenvalue weighted by Gasteiger charge is -2.01. The summed E-state index contributed by atoms with van der Waals surface area (Å²) in [5, 5.41) is 8.81. The van der Waals surface area contributed by atoms with Crippen molar-refractivity contribution < 1.29 is 5.11 Å². The van der Waals surface area contributed by atoms with Gasteiger partial charge in [-0.3, -0.25) is 0 Å². The number of hydrogen-bond donors (Lipinski definition) is 2. The average molecular weight is 166 g/mol. The van der Waals surface area contributed by atoms with E-state index in [1.807, 2.05) is 6.92 Å². The zero-order valence-electron chi connectivity index (χ0n) is 5.71. The molecule has 3 heteroatoms. The molecule has 0 aromatic heterocycles. The van der Waals surface area contributed by atoms with Crippen LogP contribution in [0.2, 0.25) is 0 Å². The van der Waals surface area contributed by atoms with E-state index >= 15 is 0 Å². The van der Waals surface area contributed by atoms with Gasteiger partial charge < -0.3 is 5.11 Å². The first-order valence-corrected chi connectivity index (χ1v) is 4.92. The summed E-state index contributed by atoms with van der Waals surface area (Å²) < 4.78 is 0. The van der Waals surface area contributed by atoms with Gasteiger partial charge >= 0.3 is 0 Å². The Balaban J connectivity index is 2.75. The van der Waals surface area contributed by atoms with Crippen molar-refractivity contribution in [3.05, 3.63) is 0 Å². The zero-order chi connectivity index (χ0) is 7.11. The quantitative estimate of drug-likeness (QED) is 0.476. The predicted molar refractivity (Wildman–Crippen MR) is 47.5 cm³/mol. The van der Waals surface area contributed by atoms with E-state index in [1.165, 1.54) is 0 Å². The molecule has 9 heavy (non-hydrogen) atoms. The van der Waals surface area contributed by atoms with Gasteiger partial charge in [0.05, 0.1) is 6.10 Å². The van der Waals surface area contributed by atoms with Crippen LogP contribution in [0.3, 0.4) is 0 Å². The second kappa shape index (κ2) is 6.78. The van der Waals surface area contributed by atoms with Gasteiger partial charge in [0.2, 0.25) is 0 Å². The van der Waals surface area contributed by atoms with Gasteiger partial charge in [-0.15, -0.1) is 0 Å². The summed E-state index contributed by atoms with van der Waals surface area (Å²) in [4.78, 5) is 0. The molecule has 1 atom stereocenters. The molecule has 0 bridgehead atoms. The Kier molecular flexibility index (Phi) is 7.27. The molecular weight excluding hydrogens is 152 g/mol. The highest BCUT2D eigenvalue weighted by atomic mass is 32.2. The Morgan fingerprint density at radius 2 is 2.33 bits per heavy atom. The summed E-state index contributed by atoms with van der Waals surface area (Å²) in [6.07, 6.45) is 0.982. The highest BCUT2D eigenvalue weighted by Crippen LogP contribution is 2.04. The molecule has 0 aliphatic carbocycles. The normalized spacial score (nSPS) is 13.7. The van der Waals surface area contributed by atoms with Crippen LogP contribution < -0.4 is 0 Å². The molecule has 0 aliphatic rings. The van der Waals surface area contributed by atoms with Crippen molar-refractivity contribution in [2.24, 2.45) is 0 Å². The Morgan fingerprint density at radius 3 is 2.78 bits per heavy atom. The molecule has 56 valence electrons. The summed E-state index contributed by atoms with van der Waals surface area (Å²) in [6, 6.07) is 0. The lowest BCUT2D eigenvalue weighted by Crippen LogP contribution is -2.03. The second-order valence-corrected chi connectivity index (χ2v) is 3.60. The minimum absolute atomic E-state index is 0.157. The van der Waals surface area contributed by atoms with Crippen molar-refractivity contribution in [1.82, 2.24) is 0 Å². The van der Waals surface area contributed by atoms with Crippen LogP contribution in [-0.4, -0.2) is 28.5 Å². The maximum atomic E-state index is 8.81. The van der Waals surface area contributed by atoms with Crippen LogP contribution in [0, 0.1) is 0 Å². The monoisotopic (exact) mass is 166 g/mol. The van der Waals surface area contributed by atoms with E-state index in [-0.39, 0.29) is 6.10 Å². The van der Waals surface area contributed by atoms with Gasteiger partial charge in [-0.05, 0) is 24.9 Å². The van der Waals surface area contributed by atoms with E-state index in [1.54, 1.807) is 11.8 Å². The maximum Gasteiger partial charge on any atom is 0.0602 e. The summed E-state index contributed by atoms with van der Waals surface area (Å²) in [5.74, 6) is 2.93. The Labute approximate surface area is 66.6 Å². The molecule has 0 amide bonds. The van der Waals surface area contributed by atoms with Crippen molar-refractivity contribution in [3.8, 4) is 0 Å². The van der Waals surface area contributed by atoms with Crippen LogP contribution >= 0.6 is 24.4 Å². The lowest BCUT2D eigenvalue weighted by molar-refractivity contribution is 0.220. The number of thioether (sulfide) groups is 1. The van der Waals surface area contributed by atoms with Gasteiger partial charge in [-0.25, -0.2) is 0 Å². The Morgan fingerprint density at radius 1 is 1.67 bits per heavy atom. The topological polar surface area (TPSA) is 20.2 Å². The number of aliphatic hydroxyl groups is 1. The summed E-state index contributed by atoms with van der Waals surface area (Å²) in [6.45, 7) is 1.81. The van der Waals surface area contributed by atoms with Gasteiger partial charge in [0.1, 0.15) is 0 Å². The fourth-order valence-corrected chi connectivity index (χ4v) is 1.65. The van der Waals surface area contributed by atoms with Crippen LogP contribution in [0.15, 0.2) is 0 Å². The highest BCUT2D eigenvalue weighted by molar-refractivity contribution is 7.99. The fourth-order valence-electron chi connectivity index (χ4n) is 0.421. The molecule has 1 N–H and O–H groups in total. The lowest BCUT2D eigenvalue weighted by atomic mass is 10.5. The van der Waals surface area contributed by atoms with E-state index in [2.05, 4.69) is 12.6 Å². The van der Waals surface area contributed by atoms with Gasteiger partial charge in [-0.2, -0.15) is 24.4 Å². The molecule has 0 aromatic rings. The minimum Gasteiger partial charge on any atom is -0.393 e. The van der Waals surface area contributed by atoms with Crippen LogP contribution in [0.4, 0.5) is 0 Å². The summed E-state index contributed by atoms with van der Waals surface area (Å²) >= 11 is 5.86. The van der Waals surface area contributed by atoms with Crippen LogP contribution in [0.5, 0.6) is 0 Å². The van der Waals surface area contributed by atoms with Gasteiger partial charge in [-0.1, -0.05) is 0 Å². The predicted octanol–water partition coefficient (Wildman–Crippen LogP) is 1.42. The molecule has 0 aromatic carbocycles.